The number of carbonyl (C=O) groups is 1. The summed E-state index contributed by atoms with van der Waals surface area (Å²) < 4.78 is 10.7. The Kier molecular flexibility index (Phi) is 5.86. The number of carboxylic acid groups (broad SMARTS) is 1. The van der Waals surface area contributed by atoms with Crippen LogP contribution >= 0.6 is 0 Å². The summed E-state index contributed by atoms with van der Waals surface area (Å²) in [6.07, 6.45) is 0.897. The Balaban J connectivity index is 1.59. The summed E-state index contributed by atoms with van der Waals surface area (Å²) in [5.74, 6) is -0.469. The lowest BCUT2D eigenvalue weighted by atomic mass is 10.2. The molecule has 1 saturated heterocycles. The van der Waals surface area contributed by atoms with Crippen molar-refractivity contribution in [3.63, 3.8) is 0 Å². The highest BCUT2D eigenvalue weighted by atomic mass is 16.5. The average Bonchev–Trinajstić information content (AvgIpc) is 2.68. The maximum Gasteiger partial charge on any atom is 0.344 e. The van der Waals surface area contributed by atoms with Crippen LogP contribution in [0.3, 0.4) is 0 Å². The van der Waals surface area contributed by atoms with Crippen LogP contribution in [0.25, 0.3) is 0 Å². The molecule has 0 aliphatic carbocycles. The van der Waals surface area contributed by atoms with E-state index < -0.39 is 12.1 Å². The molecule has 0 spiro atoms. The van der Waals surface area contributed by atoms with Crippen LogP contribution in [0.5, 0.6) is 5.75 Å². The van der Waals surface area contributed by atoms with Gasteiger partial charge in [-0.2, -0.15) is 0 Å². The van der Waals surface area contributed by atoms with Crippen LogP contribution in [-0.4, -0.2) is 49.7 Å². The molecule has 0 bridgehead atoms. The van der Waals surface area contributed by atoms with Gasteiger partial charge >= 0.3 is 5.97 Å². The Labute approximate surface area is 152 Å². The maximum absolute atomic E-state index is 10.8. The number of hydrogen-bond acceptors (Lipinski definition) is 5. The molecule has 26 heavy (non-hydrogen) atoms. The van der Waals surface area contributed by atoms with Crippen molar-refractivity contribution in [2.24, 2.45) is 4.99 Å². The summed E-state index contributed by atoms with van der Waals surface area (Å²) in [7, 11) is 0. The van der Waals surface area contributed by atoms with Gasteiger partial charge in [-0.15, -0.1) is 0 Å². The third kappa shape index (κ3) is 4.83. The fourth-order valence-electron chi connectivity index (χ4n) is 2.61. The van der Waals surface area contributed by atoms with Gasteiger partial charge in [-0.25, -0.2) is 4.79 Å². The molecule has 0 radical (unpaired) electrons. The number of carboxylic acids is 1. The number of aliphatic imine (C=N–C) groups is 1. The number of nitrogens with zero attached hydrogens (tertiary/aromatic N) is 2. The highest BCUT2D eigenvalue weighted by Gasteiger charge is 2.12. The standard InChI is InChI=1S/C20H22N2O4/c1-15(20(23)24)26-19-8-2-16(3-9-19)14-21-17-4-6-18(7-5-17)22-10-12-25-13-11-22/h2-9,14-15H,10-13H2,1H3,(H,23,24)/t15-/m0/s1. The van der Waals surface area contributed by atoms with E-state index in [0.717, 1.165) is 37.6 Å². The maximum atomic E-state index is 10.8. The number of hydrogen-bond donors (Lipinski definition) is 1. The molecule has 136 valence electrons. The first-order chi connectivity index (χ1) is 12.6. The van der Waals surface area contributed by atoms with Crippen molar-refractivity contribution in [2.75, 3.05) is 31.2 Å². The van der Waals surface area contributed by atoms with E-state index in [4.69, 9.17) is 14.6 Å². The number of aliphatic carboxylic acids is 1. The third-order valence-corrected chi connectivity index (χ3v) is 4.13. The predicted molar refractivity (Wildman–Crippen MR) is 101 cm³/mol. The lowest BCUT2D eigenvalue weighted by Gasteiger charge is -2.28. The summed E-state index contributed by atoms with van der Waals surface area (Å²) in [5.41, 5.74) is 2.97. The highest BCUT2D eigenvalue weighted by Crippen LogP contribution is 2.21. The number of rotatable bonds is 6. The van der Waals surface area contributed by atoms with Gasteiger partial charge in [-0.05, 0) is 61.0 Å². The lowest BCUT2D eigenvalue weighted by Crippen LogP contribution is -2.36. The largest absolute Gasteiger partial charge is 0.479 e. The number of morpholine rings is 1. The lowest BCUT2D eigenvalue weighted by molar-refractivity contribution is -0.144. The molecule has 2 aromatic carbocycles. The van der Waals surface area contributed by atoms with Gasteiger partial charge < -0.3 is 19.5 Å². The molecule has 6 heteroatoms. The van der Waals surface area contributed by atoms with Crippen molar-refractivity contribution < 1.29 is 19.4 Å². The summed E-state index contributed by atoms with van der Waals surface area (Å²) >= 11 is 0. The number of ether oxygens (including phenoxy) is 2. The highest BCUT2D eigenvalue weighted by molar-refractivity contribution is 5.82. The summed E-state index contributed by atoms with van der Waals surface area (Å²) in [6, 6.07) is 15.3. The molecule has 1 N–H and O–H groups in total. The molecule has 3 rings (SSSR count). The Hall–Kier alpha value is -2.86. The van der Waals surface area contributed by atoms with Gasteiger partial charge in [-0.3, -0.25) is 4.99 Å². The Morgan fingerprint density at radius 1 is 1.15 bits per heavy atom. The minimum atomic E-state index is -0.990. The van der Waals surface area contributed by atoms with Crippen LogP contribution in [0.4, 0.5) is 11.4 Å². The fraction of sp³-hybridized carbons (Fsp3) is 0.300. The third-order valence-electron chi connectivity index (χ3n) is 4.13. The van der Waals surface area contributed by atoms with E-state index in [9.17, 15) is 4.79 Å². The molecular formula is C20H22N2O4. The molecule has 1 heterocycles. The second kappa shape index (κ2) is 8.49. The van der Waals surface area contributed by atoms with Gasteiger partial charge in [0, 0.05) is 25.0 Å². The van der Waals surface area contributed by atoms with Crippen molar-refractivity contribution in [1.82, 2.24) is 0 Å². The normalized spacial score (nSPS) is 15.8. The minimum Gasteiger partial charge on any atom is -0.479 e. The van der Waals surface area contributed by atoms with Crippen molar-refractivity contribution in [3.8, 4) is 5.75 Å². The zero-order chi connectivity index (χ0) is 18.4. The van der Waals surface area contributed by atoms with E-state index in [1.807, 2.05) is 24.3 Å². The van der Waals surface area contributed by atoms with Crippen LogP contribution in [0.1, 0.15) is 12.5 Å². The Morgan fingerprint density at radius 2 is 1.81 bits per heavy atom. The quantitative estimate of drug-likeness (QED) is 0.807. The first-order valence-corrected chi connectivity index (χ1v) is 8.58. The number of benzene rings is 2. The molecule has 2 aromatic rings. The van der Waals surface area contributed by atoms with Crippen molar-refractivity contribution in [2.45, 2.75) is 13.0 Å². The summed E-state index contributed by atoms with van der Waals surface area (Å²) in [6.45, 7) is 4.86. The number of anilines is 1. The summed E-state index contributed by atoms with van der Waals surface area (Å²) in [4.78, 5) is 17.6. The molecule has 0 aromatic heterocycles. The van der Waals surface area contributed by atoms with Gasteiger partial charge in [0.25, 0.3) is 0 Å². The fourth-order valence-corrected chi connectivity index (χ4v) is 2.61. The summed E-state index contributed by atoms with van der Waals surface area (Å²) in [5, 5.41) is 8.86. The molecule has 6 nitrogen and oxygen atoms in total. The van der Waals surface area contributed by atoms with Gasteiger partial charge in [0.2, 0.25) is 0 Å². The Morgan fingerprint density at radius 3 is 2.42 bits per heavy atom. The predicted octanol–water partition coefficient (Wildman–Crippen LogP) is 3.13. The van der Waals surface area contributed by atoms with E-state index in [1.54, 1.807) is 18.3 Å². The van der Waals surface area contributed by atoms with Crippen LogP contribution in [-0.2, 0) is 9.53 Å². The van der Waals surface area contributed by atoms with Crippen LogP contribution < -0.4 is 9.64 Å². The van der Waals surface area contributed by atoms with E-state index >= 15 is 0 Å². The average molecular weight is 354 g/mol. The monoisotopic (exact) mass is 354 g/mol. The minimum absolute atomic E-state index is 0.520. The zero-order valence-corrected chi connectivity index (χ0v) is 14.7. The molecule has 0 amide bonds. The SMILES string of the molecule is C[C@H](Oc1ccc(C=Nc2ccc(N3CCOCC3)cc2)cc1)C(=O)O. The van der Waals surface area contributed by atoms with Crippen molar-refractivity contribution in [3.05, 3.63) is 54.1 Å². The second-order valence-corrected chi connectivity index (χ2v) is 6.04. The van der Waals surface area contributed by atoms with Crippen molar-refractivity contribution in [1.29, 1.82) is 0 Å². The molecule has 1 atom stereocenters. The van der Waals surface area contributed by atoms with E-state index in [1.165, 1.54) is 12.6 Å². The molecule has 1 fully saturated rings. The molecular weight excluding hydrogens is 332 g/mol. The van der Waals surface area contributed by atoms with Gasteiger partial charge in [-0.1, -0.05) is 0 Å². The van der Waals surface area contributed by atoms with E-state index in [-0.39, 0.29) is 0 Å². The zero-order valence-electron chi connectivity index (χ0n) is 14.7. The first kappa shape index (κ1) is 17.9. The molecule has 1 aliphatic heterocycles. The topological polar surface area (TPSA) is 71.4 Å². The van der Waals surface area contributed by atoms with E-state index in [0.29, 0.717) is 5.75 Å². The Bertz CT molecular complexity index is 750. The second-order valence-electron chi connectivity index (χ2n) is 6.04. The van der Waals surface area contributed by atoms with Crippen LogP contribution in [0, 0.1) is 0 Å². The molecule has 0 saturated carbocycles. The molecule has 0 unspecified atom stereocenters. The molecule has 1 aliphatic rings. The van der Waals surface area contributed by atoms with Crippen LogP contribution in [0.2, 0.25) is 0 Å². The van der Waals surface area contributed by atoms with Crippen LogP contribution in [0.15, 0.2) is 53.5 Å². The van der Waals surface area contributed by atoms with Gasteiger partial charge in [0.15, 0.2) is 6.10 Å². The first-order valence-electron chi connectivity index (χ1n) is 8.58. The van der Waals surface area contributed by atoms with E-state index in [2.05, 4.69) is 22.0 Å². The van der Waals surface area contributed by atoms with Gasteiger partial charge in [0.1, 0.15) is 5.75 Å². The van der Waals surface area contributed by atoms with Crippen molar-refractivity contribution >= 4 is 23.6 Å². The van der Waals surface area contributed by atoms with Gasteiger partial charge in [0.05, 0.1) is 18.9 Å². The smallest absolute Gasteiger partial charge is 0.344 e.